The zero-order valence-corrected chi connectivity index (χ0v) is 12.4. The fourth-order valence-electron chi connectivity index (χ4n) is 1.90. The van der Waals surface area contributed by atoms with Crippen LogP contribution in [0.15, 0.2) is 24.4 Å². The summed E-state index contributed by atoms with van der Waals surface area (Å²) >= 11 is 0. The van der Waals surface area contributed by atoms with Crippen molar-refractivity contribution in [3.05, 3.63) is 41.5 Å². The second-order valence-corrected chi connectivity index (χ2v) is 4.44. The summed E-state index contributed by atoms with van der Waals surface area (Å²) in [5.41, 5.74) is 1.62. The maximum Gasteiger partial charge on any atom is 0.259 e. The van der Waals surface area contributed by atoms with Crippen LogP contribution < -0.4 is 14.8 Å². The zero-order valence-electron chi connectivity index (χ0n) is 12.4. The van der Waals surface area contributed by atoms with Crippen LogP contribution in [0.2, 0.25) is 0 Å². The van der Waals surface area contributed by atoms with Crippen LogP contribution in [0.3, 0.4) is 0 Å². The summed E-state index contributed by atoms with van der Waals surface area (Å²) in [6.07, 6.45) is 1.52. The predicted molar refractivity (Wildman–Crippen MR) is 79.0 cm³/mol. The first kappa shape index (κ1) is 14.8. The van der Waals surface area contributed by atoms with E-state index in [0.29, 0.717) is 34.3 Å². The quantitative estimate of drug-likeness (QED) is 0.934. The van der Waals surface area contributed by atoms with Gasteiger partial charge in [-0.1, -0.05) is 0 Å². The van der Waals surface area contributed by atoms with Gasteiger partial charge in [0.05, 0.1) is 31.2 Å². The molecule has 0 unspecified atom stereocenters. The van der Waals surface area contributed by atoms with Crippen molar-refractivity contribution in [3.8, 4) is 11.5 Å². The standard InChI is InChI=1S/C15H17N3O3/c1-9-12(8-16-10(2)17-9)15(19)18-13-6-5-11(20-3)7-14(13)21-4/h5-8H,1-4H3,(H,18,19). The second-order valence-electron chi connectivity index (χ2n) is 4.44. The lowest BCUT2D eigenvalue weighted by atomic mass is 10.2. The molecular weight excluding hydrogens is 270 g/mol. The number of aryl methyl sites for hydroxylation is 2. The third-order valence-corrected chi connectivity index (χ3v) is 3.00. The van der Waals surface area contributed by atoms with E-state index < -0.39 is 0 Å². The summed E-state index contributed by atoms with van der Waals surface area (Å²) in [5.74, 6) is 1.52. The number of nitrogens with one attached hydrogen (secondary N) is 1. The van der Waals surface area contributed by atoms with E-state index in [2.05, 4.69) is 15.3 Å². The van der Waals surface area contributed by atoms with Crippen LogP contribution in [-0.2, 0) is 0 Å². The van der Waals surface area contributed by atoms with Gasteiger partial charge in [-0.3, -0.25) is 4.79 Å². The first-order chi connectivity index (χ1) is 10.0. The van der Waals surface area contributed by atoms with E-state index in [1.165, 1.54) is 13.3 Å². The number of amides is 1. The van der Waals surface area contributed by atoms with Crippen LogP contribution in [0.4, 0.5) is 5.69 Å². The number of hydrogen-bond acceptors (Lipinski definition) is 5. The molecule has 2 aromatic rings. The van der Waals surface area contributed by atoms with Crippen molar-refractivity contribution in [2.75, 3.05) is 19.5 Å². The van der Waals surface area contributed by atoms with Crippen molar-refractivity contribution >= 4 is 11.6 Å². The summed E-state index contributed by atoms with van der Waals surface area (Å²) in [5, 5.41) is 2.79. The molecule has 6 nitrogen and oxygen atoms in total. The molecule has 0 aliphatic rings. The highest BCUT2D eigenvalue weighted by atomic mass is 16.5. The lowest BCUT2D eigenvalue weighted by Gasteiger charge is -2.12. The maximum atomic E-state index is 12.3. The Hall–Kier alpha value is -2.63. The Morgan fingerprint density at radius 2 is 1.95 bits per heavy atom. The summed E-state index contributed by atoms with van der Waals surface area (Å²) in [6, 6.07) is 5.17. The SMILES string of the molecule is COc1ccc(NC(=O)c2cnc(C)nc2C)c(OC)c1. The highest BCUT2D eigenvalue weighted by Crippen LogP contribution is 2.29. The number of aromatic nitrogens is 2. The number of nitrogens with zero attached hydrogens (tertiary/aromatic N) is 2. The molecule has 0 saturated carbocycles. The molecule has 1 N–H and O–H groups in total. The minimum absolute atomic E-state index is 0.282. The van der Waals surface area contributed by atoms with Gasteiger partial charge in [0, 0.05) is 12.3 Å². The van der Waals surface area contributed by atoms with Gasteiger partial charge >= 0.3 is 0 Å². The van der Waals surface area contributed by atoms with Gasteiger partial charge in [-0.15, -0.1) is 0 Å². The average molecular weight is 287 g/mol. The van der Waals surface area contributed by atoms with Crippen LogP contribution in [0.25, 0.3) is 0 Å². The molecule has 110 valence electrons. The molecule has 0 bridgehead atoms. The molecule has 0 aliphatic carbocycles. The number of hydrogen-bond donors (Lipinski definition) is 1. The van der Waals surface area contributed by atoms with Crippen molar-refractivity contribution in [2.24, 2.45) is 0 Å². The number of carbonyl (C=O) groups excluding carboxylic acids is 1. The van der Waals surface area contributed by atoms with Gasteiger partial charge in [0.25, 0.3) is 5.91 Å². The Kier molecular flexibility index (Phi) is 4.37. The Bertz CT molecular complexity index is 671. The molecule has 1 aromatic carbocycles. The number of ether oxygens (including phenoxy) is 2. The van der Waals surface area contributed by atoms with Crippen molar-refractivity contribution in [1.29, 1.82) is 0 Å². The predicted octanol–water partition coefficient (Wildman–Crippen LogP) is 2.36. The first-order valence-corrected chi connectivity index (χ1v) is 6.38. The van der Waals surface area contributed by atoms with Crippen LogP contribution in [0.5, 0.6) is 11.5 Å². The number of carbonyl (C=O) groups is 1. The Balaban J connectivity index is 2.27. The van der Waals surface area contributed by atoms with Crippen LogP contribution in [0, 0.1) is 13.8 Å². The molecule has 1 amide bonds. The highest BCUT2D eigenvalue weighted by molar-refractivity contribution is 6.05. The van der Waals surface area contributed by atoms with Gasteiger partial charge < -0.3 is 14.8 Å². The zero-order chi connectivity index (χ0) is 15.4. The molecule has 0 aliphatic heterocycles. The Morgan fingerprint density at radius 1 is 1.19 bits per heavy atom. The lowest BCUT2D eigenvalue weighted by Crippen LogP contribution is -2.15. The van der Waals surface area contributed by atoms with E-state index in [4.69, 9.17) is 9.47 Å². The van der Waals surface area contributed by atoms with Gasteiger partial charge in [0.1, 0.15) is 17.3 Å². The molecule has 0 fully saturated rings. The minimum atomic E-state index is -0.282. The third-order valence-electron chi connectivity index (χ3n) is 3.00. The largest absolute Gasteiger partial charge is 0.497 e. The minimum Gasteiger partial charge on any atom is -0.497 e. The van der Waals surface area contributed by atoms with E-state index in [0.717, 1.165) is 0 Å². The van der Waals surface area contributed by atoms with Crippen molar-refractivity contribution in [1.82, 2.24) is 9.97 Å². The van der Waals surface area contributed by atoms with Crippen molar-refractivity contribution in [2.45, 2.75) is 13.8 Å². The summed E-state index contributed by atoms with van der Waals surface area (Å²) in [4.78, 5) is 20.5. The van der Waals surface area contributed by atoms with Gasteiger partial charge in [0.2, 0.25) is 0 Å². The second kappa shape index (κ2) is 6.21. The van der Waals surface area contributed by atoms with Crippen molar-refractivity contribution < 1.29 is 14.3 Å². The van der Waals surface area contributed by atoms with Crippen LogP contribution >= 0.6 is 0 Å². The number of anilines is 1. The molecule has 21 heavy (non-hydrogen) atoms. The highest BCUT2D eigenvalue weighted by Gasteiger charge is 2.14. The smallest absolute Gasteiger partial charge is 0.259 e. The van der Waals surface area contributed by atoms with E-state index in [-0.39, 0.29) is 5.91 Å². The summed E-state index contributed by atoms with van der Waals surface area (Å²) in [7, 11) is 3.10. The lowest BCUT2D eigenvalue weighted by molar-refractivity contribution is 0.102. The van der Waals surface area contributed by atoms with E-state index in [9.17, 15) is 4.79 Å². The van der Waals surface area contributed by atoms with E-state index in [1.54, 1.807) is 39.2 Å². The number of rotatable bonds is 4. The molecule has 0 spiro atoms. The van der Waals surface area contributed by atoms with Gasteiger partial charge in [-0.05, 0) is 26.0 Å². The molecule has 6 heteroatoms. The Labute approximate surface area is 123 Å². The topological polar surface area (TPSA) is 73.3 Å². The fraction of sp³-hybridized carbons (Fsp3) is 0.267. The molecule has 1 aromatic heterocycles. The average Bonchev–Trinajstić information content (AvgIpc) is 2.47. The molecule has 0 atom stereocenters. The maximum absolute atomic E-state index is 12.3. The normalized spacial score (nSPS) is 10.1. The molecule has 1 heterocycles. The first-order valence-electron chi connectivity index (χ1n) is 6.38. The van der Waals surface area contributed by atoms with E-state index in [1.807, 2.05) is 0 Å². The van der Waals surface area contributed by atoms with Gasteiger partial charge in [0.15, 0.2) is 0 Å². The van der Waals surface area contributed by atoms with Crippen LogP contribution in [0.1, 0.15) is 21.9 Å². The van der Waals surface area contributed by atoms with Crippen molar-refractivity contribution in [3.63, 3.8) is 0 Å². The Morgan fingerprint density at radius 3 is 2.57 bits per heavy atom. The molecule has 0 saturated heterocycles. The van der Waals surface area contributed by atoms with E-state index >= 15 is 0 Å². The van der Waals surface area contributed by atoms with Gasteiger partial charge in [-0.25, -0.2) is 9.97 Å². The number of benzene rings is 1. The third kappa shape index (κ3) is 3.28. The monoisotopic (exact) mass is 287 g/mol. The molecule has 2 rings (SSSR count). The molecule has 0 radical (unpaired) electrons. The fourth-order valence-corrected chi connectivity index (χ4v) is 1.90. The van der Waals surface area contributed by atoms with Crippen LogP contribution in [-0.4, -0.2) is 30.1 Å². The van der Waals surface area contributed by atoms with Gasteiger partial charge in [-0.2, -0.15) is 0 Å². The number of methoxy groups -OCH3 is 2. The summed E-state index contributed by atoms with van der Waals surface area (Å²) < 4.78 is 10.4. The molecular formula is C15H17N3O3. The summed E-state index contributed by atoms with van der Waals surface area (Å²) in [6.45, 7) is 3.55.